The number of ketones is 1. The molecule has 1 aliphatic rings. The van der Waals surface area contributed by atoms with Gasteiger partial charge in [0, 0.05) is 24.9 Å². The van der Waals surface area contributed by atoms with E-state index in [0.29, 0.717) is 24.0 Å². The fourth-order valence-electron chi connectivity index (χ4n) is 3.90. The third-order valence-electron chi connectivity index (χ3n) is 6.10. The minimum atomic E-state index is -4.59. The van der Waals surface area contributed by atoms with Crippen LogP contribution in [-0.2, 0) is 11.0 Å². The molecule has 4 rings (SSSR count). The van der Waals surface area contributed by atoms with Crippen LogP contribution in [0.2, 0.25) is 0 Å². The number of carbonyl (C=O) groups excluding carboxylic acids is 2. The van der Waals surface area contributed by atoms with Gasteiger partial charge in [-0.1, -0.05) is 11.6 Å². The Balaban J connectivity index is 1.44. The highest BCUT2D eigenvalue weighted by Gasteiger charge is 2.51. The first-order valence-electron chi connectivity index (χ1n) is 11.2. The first-order chi connectivity index (χ1) is 17.0. The van der Waals surface area contributed by atoms with E-state index in [1.165, 1.54) is 37.1 Å². The van der Waals surface area contributed by atoms with Crippen molar-refractivity contribution in [3.8, 4) is 0 Å². The molecular weight excluding hydrogens is 478 g/mol. The molecule has 2 heterocycles. The van der Waals surface area contributed by atoms with Crippen molar-refractivity contribution in [3.63, 3.8) is 0 Å². The number of pyridine rings is 1. The van der Waals surface area contributed by atoms with Gasteiger partial charge in [0.15, 0.2) is 5.78 Å². The van der Waals surface area contributed by atoms with Gasteiger partial charge >= 0.3 is 6.18 Å². The zero-order valence-corrected chi connectivity index (χ0v) is 19.5. The Hall–Kier alpha value is -3.89. The van der Waals surface area contributed by atoms with Crippen LogP contribution in [0.25, 0.3) is 0 Å². The number of amides is 1. The zero-order valence-electron chi connectivity index (χ0n) is 19.5. The smallest absolute Gasteiger partial charge is 0.354 e. The van der Waals surface area contributed by atoms with E-state index in [4.69, 9.17) is 0 Å². The molecule has 1 saturated carbocycles. The number of Topliss-reactive ketones (excluding diaryl/α,β-unsaturated/α-hetero) is 1. The molecule has 2 N–H and O–H groups in total. The van der Waals surface area contributed by atoms with E-state index in [1.54, 1.807) is 13.8 Å². The van der Waals surface area contributed by atoms with E-state index in [-0.39, 0.29) is 29.3 Å². The van der Waals surface area contributed by atoms with Gasteiger partial charge in [0.2, 0.25) is 5.91 Å². The van der Waals surface area contributed by atoms with Gasteiger partial charge in [0.1, 0.15) is 12.1 Å². The summed E-state index contributed by atoms with van der Waals surface area (Å²) in [5.41, 5.74) is -1.29. The highest BCUT2D eigenvalue weighted by Crippen LogP contribution is 2.50. The maximum atomic E-state index is 14.9. The van der Waals surface area contributed by atoms with Gasteiger partial charge in [-0.2, -0.15) is 13.2 Å². The van der Waals surface area contributed by atoms with Crippen molar-refractivity contribution in [1.82, 2.24) is 20.3 Å². The molecule has 0 spiro atoms. The number of hydrogen-bond acceptors (Lipinski definition) is 6. The third-order valence-corrected chi connectivity index (χ3v) is 6.10. The molecule has 0 saturated heterocycles. The number of rotatable bonds is 8. The predicted molar refractivity (Wildman–Crippen MR) is 123 cm³/mol. The van der Waals surface area contributed by atoms with Crippen LogP contribution in [0.5, 0.6) is 0 Å². The van der Waals surface area contributed by atoms with Crippen LogP contribution in [0.1, 0.15) is 59.4 Å². The standard InChI is InChI=1S/C25H23F4N5O2/c1-14-3-4-20(18(7-14)25(27,28)29)34-17-8-19(26)22(32-12-17)15(2)33-23(36)24(5-6-24)9-21(35)16-10-30-13-31-11-16/h3-4,7-8,10-13,15,34H,5-6,9H2,1-2H3,(H,33,36)/t15-/m1/s1. The summed E-state index contributed by atoms with van der Waals surface area (Å²) in [6.45, 7) is 3.09. The van der Waals surface area contributed by atoms with Gasteiger partial charge in [-0.05, 0) is 38.8 Å². The Morgan fingerprint density at radius 3 is 2.42 bits per heavy atom. The second-order valence-corrected chi connectivity index (χ2v) is 8.97. The van der Waals surface area contributed by atoms with Gasteiger partial charge in [-0.3, -0.25) is 14.6 Å². The van der Waals surface area contributed by atoms with Crippen LogP contribution in [0.3, 0.4) is 0 Å². The number of alkyl halides is 3. The molecule has 188 valence electrons. The number of nitrogens with zero attached hydrogens (tertiary/aromatic N) is 3. The molecule has 1 fully saturated rings. The second-order valence-electron chi connectivity index (χ2n) is 8.97. The third kappa shape index (κ3) is 5.50. The lowest BCUT2D eigenvalue weighted by Crippen LogP contribution is -2.36. The van der Waals surface area contributed by atoms with Gasteiger partial charge in [0.25, 0.3) is 0 Å². The average molecular weight is 501 g/mol. The van der Waals surface area contributed by atoms with E-state index in [0.717, 1.165) is 12.1 Å². The molecule has 0 bridgehead atoms. The van der Waals surface area contributed by atoms with Crippen molar-refractivity contribution in [2.75, 3.05) is 5.32 Å². The highest BCUT2D eigenvalue weighted by atomic mass is 19.4. The maximum Gasteiger partial charge on any atom is 0.418 e. The first-order valence-corrected chi connectivity index (χ1v) is 11.2. The molecule has 0 unspecified atom stereocenters. The fourth-order valence-corrected chi connectivity index (χ4v) is 3.90. The van der Waals surface area contributed by atoms with E-state index < -0.39 is 34.9 Å². The number of benzene rings is 1. The van der Waals surface area contributed by atoms with Crippen molar-refractivity contribution in [1.29, 1.82) is 0 Å². The Morgan fingerprint density at radius 1 is 1.11 bits per heavy atom. The normalized spacial score (nSPS) is 15.2. The molecule has 3 aromatic rings. The summed E-state index contributed by atoms with van der Waals surface area (Å²) >= 11 is 0. The summed E-state index contributed by atoms with van der Waals surface area (Å²) < 4.78 is 55.0. The van der Waals surface area contributed by atoms with Crippen molar-refractivity contribution >= 4 is 23.1 Å². The summed E-state index contributed by atoms with van der Waals surface area (Å²) in [5.74, 6) is -1.45. The van der Waals surface area contributed by atoms with Gasteiger partial charge in [-0.15, -0.1) is 0 Å². The molecule has 0 aliphatic heterocycles. The molecule has 1 aliphatic carbocycles. The average Bonchev–Trinajstić information content (AvgIpc) is 3.61. The number of anilines is 2. The lowest BCUT2D eigenvalue weighted by atomic mass is 9.95. The Morgan fingerprint density at radius 2 is 1.81 bits per heavy atom. The van der Waals surface area contributed by atoms with Gasteiger partial charge in [-0.25, -0.2) is 14.4 Å². The largest absolute Gasteiger partial charge is 0.418 e. The Bertz CT molecular complexity index is 1290. The minimum absolute atomic E-state index is 0.0181. The van der Waals surface area contributed by atoms with Crippen LogP contribution in [0, 0.1) is 18.2 Å². The minimum Gasteiger partial charge on any atom is -0.354 e. The molecule has 11 heteroatoms. The number of carbonyl (C=O) groups is 2. The Labute approximate surface area is 204 Å². The molecule has 1 atom stereocenters. The van der Waals surface area contributed by atoms with Crippen LogP contribution >= 0.6 is 0 Å². The van der Waals surface area contributed by atoms with E-state index in [2.05, 4.69) is 25.6 Å². The monoisotopic (exact) mass is 501 g/mol. The molecule has 7 nitrogen and oxygen atoms in total. The van der Waals surface area contributed by atoms with Gasteiger partial charge in [0.05, 0.1) is 45.8 Å². The SMILES string of the molecule is Cc1ccc(Nc2cnc([C@@H](C)NC(=O)C3(CC(=O)c4cncnc4)CC3)c(F)c2)c(C(F)(F)F)c1. The highest BCUT2D eigenvalue weighted by molar-refractivity contribution is 6.00. The number of hydrogen-bond donors (Lipinski definition) is 2. The zero-order chi connectivity index (χ0) is 26.1. The maximum absolute atomic E-state index is 14.9. The molecule has 36 heavy (non-hydrogen) atoms. The van der Waals surface area contributed by atoms with Crippen LogP contribution in [-0.4, -0.2) is 26.6 Å². The molecular formula is C25H23F4N5O2. The van der Waals surface area contributed by atoms with Crippen LogP contribution in [0.4, 0.5) is 28.9 Å². The second kappa shape index (κ2) is 9.63. The van der Waals surface area contributed by atoms with E-state index in [1.807, 2.05) is 0 Å². The topological polar surface area (TPSA) is 96.9 Å². The summed E-state index contributed by atoms with van der Waals surface area (Å²) in [6.07, 6.45) is 1.69. The lowest BCUT2D eigenvalue weighted by molar-refractivity contribution is -0.137. The van der Waals surface area contributed by atoms with Crippen molar-refractivity contribution in [2.45, 2.75) is 45.3 Å². The number of aromatic nitrogens is 3. The van der Waals surface area contributed by atoms with Crippen LogP contribution < -0.4 is 10.6 Å². The lowest BCUT2D eigenvalue weighted by Gasteiger charge is -2.20. The van der Waals surface area contributed by atoms with Crippen molar-refractivity contribution in [3.05, 3.63) is 77.4 Å². The van der Waals surface area contributed by atoms with Crippen molar-refractivity contribution < 1.29 is 27.2 Å². The molecule has 1 aromatic carbocycles. The summed E-state index contributed by atoms with van der Waals surface area (Å²) in [4.78, 5) is 37.0. The Kier molecular flexibility index (Phi) is 6.75. The number of aryl methyl sites for hydroxylation is 1. The summed E-state index contributed by atoms with van der Waals surface area (Å²) in [6, 6.07) is 3.98. The molecule has 0 radical (unpaired) electrons. The quantitative estimate of drug-likeness (QED) is 0.321. The van der Waals surface area contributed by atoms with Gasteiger partial charge < -0.3 is 10.6 Å². The molecule has 2 aromatic heterocycles. The fraction of sp³-hybridized carbons (Fsp3) is 0.320. The molecule has 1 amide bonds. The summed E-state index contributed by atoms with van der Waals surface area (Å²) in [7, 11) is 0. The predicted octanol–water partition coefficient (Wildman–Crippen LogP) is 5.31. The number of halogens is 4. The van der Waals surface area contributed by atoms with Crippen LogP contribution in [0.15, 0.2) is 49.2 Å². The summed E-state index contributed by atoms with van der Waals surface area (Å²) in [5, 5.41) is 5.27. The van der Waals surface area contributed by atoms with Crippen molar-refractivity contribution in [2.24, 2.45) is 5.41 Å². The number of nitrogens with one attached hydrogen (secondary N) is 2. The first kappa shape index (κ1) is 25.2. The van der Waals surface area contributed by atoms with E-state index >= 15 is 0 Å². The van der Waals surface area contributed by atoms with E-state index in [9.17, 15) is 27.2 Å².